The van der Waals surface area contributed by atoms with Gasteiger partial charge in [-0.15, -0.1) is 22.7 Å². The Bertz CT molecular complexity index is 3500. The maximum Gasteiger partial charge on any atom is 0.266 e. The molecule has 0 saturated heterocycles. The van der Waals surface area contributed by atoms with Crippen LogP contribution in [-0.4, -0.2) is 9.13 Å². The highest BCUT2D eigenvalue weighted by molar-refractivity contribution is 7.28. The average Bonchev–Trinajstić information content (AvgIpc) is 3.73. The molecule has 53 heavy (non-hydrogen) atoms. The lowest BCUT2D eigenvalue weighted by atomic mass is 9.86. The van der Waals surface area contributed by atoms with E-state index in [1.54, 1.807) is 18.2 Å². The fourth-order valence-corrected chi connectivity index (χ4v) is 11.5. The molecule has 0 spiro atoms. The van der Waals surface area contributed by atoms with Gasteiger partial charge in [-0.1, -0.05) is 88.2 Å². The predicted octanol–water partition coefficient (Wildman–Crippen LogP) is 10.3. The van der Waals surface area contributed by atoms with Crippen LogP contribution in [0.1, 0.15) is 42.0 Å². The highest BCUT2D eigenvalue weighted by Gasteiger charge is 2.31. The molecule has 0 fully saturated rings. The van der Waals surface area contributed by atoms with Crippen LogP contribution in [0.4, 0.5) is 0 Å². The highest BCUT2D eigenvalue weighted by atomic mass is 32.1. The summed E-state index contributed by atoms with van der Waals surface area (Å²) in [4.78, 5) is 59.0. The van der Waals surface area contributed by atoms with Crippen LogP contribution in [0, 0.1) is 0 Å². The summed E-state index contributed by atoms with van der Waals surface area (Å²) in [6.45, 7) is 16.0. The topological polar surface area (TPSA) is 78.1 Å². The van der Waals surface area contributed by atoms with Crippen LogP contribution in [0.15, 0.2) is 99.6 Å². The minimum Gasteiger partial charge on any atom is -0.268 e. The largest absolute Gasteiger partial charge is 0.268 e. The predicted molar refractivity (Wildman–Crippen MR) is 226 cm³/mol. The van der Waals surface area contributed by atoms with Crippen molar-refractivity contribution in [3.8, 4) is 11.4 Å². The zero-order valence-corrected chi connectivity index (χ0v) is 30.2. The Kier molecular flexibility index (Phi) is 5.74. The second kappa shape index (κ2) is 10.0. The Morgan fingerprint density at radius 3 is 1.19 bits per heavy atom. The summed E-state index contributed by atoms with van der Waals surface area (Å²) in [5.41, 5.74) is 2.35. The molecule has 0 aliphatic heterocycles. The lowest BCUT2D eigenvalue weighted by molar-refractivity contribution is 0.833. The van der Waals surface area contributed by atoms with Gasteiger partial charge in [-0.3, -0.25) is 19.2 Å². The van der Waals surface area contributed by atoms with E-state index >= 15 is 0 Å². The molecule has 0 amide bonds. The third-order valence-electron chi connectivity index (χ3n) is 11.3. The molecule has 0 aliphatic carbocycles. The number of rotatable bonds is 6. The molecule has 0 aliphatic rings. The molecule has 0 bridgehead atoms. The Morgan fingerprint density at radius 2 is 0.830 bits per heavy atom. The van der Waals surface area contributed by atoms with Crippen LogP contribution < -0.4 is 22.2 Å². The van der Waals surface area contributed by atoms with Crippen LogP contribution in [0.2, 0.25) is 0 Å². The standard InChI is InChI=1S/C45H26N2O4S2/c1-6-20-11-9-12-21(7-2)40(20)46-42(48)24-15-28-34-36-30(52-28)17-26-33-27(45(51)47(44(26)50)41-22(8-3)13-10-14-23(41)19(4)5)18-31-37(39(33)36)35-29(53-31)16-25(43(46)49)32(24)38(34)35/h6-19H,1-3H2,4-5H3. The number of pyridine rings is 2. The van der Waals surface area contributed by atoms with E-state index in [1.165, 1.54) is 31.8 Å². The van der Waals surface area contributed by atoms with Gasteiger partial charge in [0, 0.05) is 61.9 Å². The highest BCUT2D eigenvalue weighted by Crippen LogP contribution is 2.55. The van der Waals surface area contributed by atoms with E-state index < -0.39 is 11.1 Å². The van der Waals surface area contributed by atoms with Crippen molar-refractivity contribution in [2.75, 3.05) is 0 Å². The number of hydrogen-bond donors (Lipinski definition) is 0. The second-order valence-corrected chi connectivity index (χ2v) is 16.3. The van der Waals surface area contributed by atoms with Crippen molar-refractivity contribution >= 4 is 124 Å². The lowest BCUT2D eigenvalue weighted by Crippen LogP contribution is -2.33. The Hall–Kier alpha value is -6.22. The molecule has 8 heteroatoms. The van der Waals surface area contributed by atoms with Crippen molar-refractivity contribution in [2.45, 2.75) is 19.8 Å². The zero-order chi connectivity index (χ0) is 36.3. The third kappa shape index (κ3) is 3.44. The van der Waals surface area contributed by atoms with E-state index in [9.17, 15) is 19.2 Å². The van der Waals surface area contributed by atoms with Gasteiger partial charge in [0.2, 0.25) is 0 Å². The first kappa shape index (κ1) is 30.4. The minimum absolute atomic E-state index is 0.0467. The Labute approximate surface area is 307 Å². The lowest BCUT2D eigenvalue weighted by Gasteiger charge is -2.20. The van der Waals surface area contributed by atoms with Gasteiger partial charge in [-0.25, -0.2) is 9.13 Å². The van der Waals surface area contributed by atoms with E-state index in [0.29, 0.717) is 60.4 Å². The molecule has 7 aromatic carbocycles. The van der Waals surface area contributed by atoms with Gasteiger partial charge < -0.3 is 0 Å². The van der Waals surface area contributed by atoms with E-state index in [4.69, 9.17) is 0 Å². The van der Waals surface area contributed by atoms with Gasteiger partial charge in [0.05, 0.1) is 32.9 Å². The summed E-state index contributed by atoms with van der Waals surface area (Å²) in [6, 6.07) is 18.9. The van der Waals surface area contributed by atoms with Crippen LogP contribution >= 0.6 is 22.7 Å². The average molecular weight is 723 g/mol. The van der Waals surface area contributed by atoms with Crippen LogP contribution in [0.25, 0.3) is 113 Å². The fourth-order valence-electron chi connectivity index (χ4n) is 9.11. The normalized spacial score (nSPS) is 12.7. The summed E-state index contributed by atoms with van der Waals surface area (Å²) in [6.07, 6.45) is 4.98. The van der Waals surface area contributed by atoms with Crippen molar-refractivity contribution in [1.29, 1.82) is 0 Å². The van der Waals surface area contributed by atoms with E-state index in [1.807, 2.05) is 74.5 Å². The monoisotopic (exact) mass is 722 g/mol. The third-order valence-corrected chi connectivity index (χ3v) is 13.4. The van der Waals surface area contributed by atoms with Gasteiger partial charge in [0.1, 0.15) is 0 Å². The van der Waals surface area contributed by atoms with Gasteiger partial charge in [0.25, 0.3) is 22.2 Å². The molecular formula is C45H26N2O4S2. The number of aromatic nitrogens is 2. The summed E-state index contributed by atoms with van der Waals surface area (Å²) < 4.78 is 6.15. The molecule has 252 valence electrons. The van der Waals surface area contributed by atoms with E-state index in [0.717, 1.165) is 56.7 Å². The smallest absolute Gasteiger partial charge is 0.266 e. The van der Waals surface area contributed by atoms with Gasteiger partial charge in [-0.2, -0.15) is 0 Å². The second-order valence-electron chi connectivity index (χ2n) is 14.1. The SMILES string of the molecule is C=Cc1cccc(C=C)c1-n1c(=O)c2cc3sc4cc5c(=O)n(-c6c(C=C)cccc6C(C)C)c(=O)c6cc7sc8cc(c1=O)c2c1c3c4c(c56)c7c81. The Morgan fingerprint density at radius 1 is 0.491 bits per heavy atom. The molecule has 4 heterocycles. The van der Waals surface area contributed by atoms with E-state index in [-0.39, 0.29) is 17.0 Å². The number of benzene rings is 7. The molecule has 6 nitrogen and oxygen atoms in total. The summed E-state index contributed by atoms with van der Waals surface area (Å²) in [5.74, 6) is 0.0467. The van der Waals surface area contributed by atoms with Crippen molar-refractivity contribution in [1.82, 2.24) is 9.13 Å². The minimum atomic E-state index is -0.409. The van der Waals surface area contributed by atoms with Crippen molar-refractivity contribution in [3.63, 3.8) is 0 Å². The first-order chi connectivity index (χ1) is 25.7. The van der Waals surface area contributed by atoms with Crippen molar-refractivity contribution in [2.24, 2.45) is 0 Å². The molecule has 0 radical (unpaired) electrons. The quantitative estimate of drug-likeness (QED) is 0.126. The summed E-state index contributed by atoms with van der Waals surface area (Å²) in [5, 5.41) is 8.77. The first-order valence-electron chi connectivity index (χ1n) is 17.3. The van der Waals surface area contributed by atoms with Crippen LogP contribution in [-0.2, 0) is 0 Å². The molecule has 0 N–H and O–H groups in total. The van der Waals surface area contributed by atoms with Gasteiger partial charge in [0.15, 0.2) is 0 Å². The van der Waals surface area contributed by atoms with Gasteiger partial charge >= 0.3 is 0 Å². The Balaban J connectivity index is 1.38. The number of thiophene rings is 2. The van der Waals surface area contributed by atoms with Crippen LogP contribution in [0.3, 0.4) is 0 Å². The number of para-hydroxylation sites is 2. The molecular weight excluding hydrogens is 697 g/mol. The van der Waals surface area contributed by atoms with Crippen LogP contribution in [0.5, 0.6) is 0 Å². The zero-order valence-electron chi connectivity index (χ0n) is 28.5. The molecule has 4 aromatic heterocycles. The van der Waals surface area contributed by atoms with E-state index in [2.05, 4.69) is 19.7 Å². The van der Waals surface area contributed by atoms with Crippen molar-refractivity contribution in [3.05, 3.63) is 144 Å². The maximum absolute atomic E-state index is 14.8. The molecule has 11 rings (SSSR count). The number of hydrogen-bond acceptors (Lipinski definition) is 6. The molecule has 0 atom stereocenters. The maximum atomic E-state index is 14.8. The van der Waals surface area contributed by atoms with Crippen molar-refractivity contribution < 1.29 is 0 Å². The summed E-state index contributed by atoms with van der Waals surface area (Å²) >= 11 is 3.05. The first-order valence-corrected chi connectivity index (χ1v) is 18.9. The molecule has 0 saturated carbocycles. The molecule has 0 unspecified atom stereocenters. The fraction of sp³-hybridized carbons (Fsp3) is 0.0667. The summed E-state index contributed by atoms with van der Waals surface area (Å²) in [7, 11) is 0. The number of nitrogens with zero attached hydrogens (tertiary/aromatic N) is 2. The van der Waals surface area contributed by atoms with Gasteiger partial charge in [-0.05, 0) is 52.4 Å². The molecule has 11 aromatic rings.